The lowest BCUT2D eigenvalue weighted by Gasteiger charge is -2.23. The third kappa shape index (κ3) is 11.3. The molecule has 0 spiro atoms. The van der Waals surface area contributed by atoms with Gasteiger partial charge in [-0.25, -0.2) is 0 Å². The largest absolute Gasteiger partial charge is 0.354 e. The van der Waals surface area contributed by atoms with Crippen LogP contribution >= 0.6 is 0 Å². The molecule has 2 saturated heterocycles. The Morgan fingerprint density at radius 1 is 0.632 bits per heavy atom. The summed E-state index contributed by atoms with van der Waals surface area (Å²) in [5.41, 5.74) is 0. The van der Waals surface area contributed by atoms with E-state index in [1.54, 1.807) is 0 Å². The van der Waals surface area contributed by atoms with E-state index in [0.717, 1.165) is 77.3 Å². The standard InChI is InChI=1S/C28H52N6O4/c1-19(2)23(33-25(35)21-13-11-17-29-21)27(37)31-15-9-7-5-6-8-10-16-32-28(38)24(20(3)4)34-26(36)22-14-12-18-30-22/h19-24,29-30H,5-18H2,1-4H3,(H,31,37)(H,32,38)(H,33,35)(H,34,36)/t21-,22-,23-,24-/m0/s1. The number of amides is 4. The van der Waals surface area contributed by atoms with Crippen LogP contribution < -0.4 is 31.9 Å². The number of unbranched alkanes of at least 4 members (excludes halogenated alkanes) is 5. The summed E-state index contributed by atoms with van der Waals surface area (Å²) in [6, 6.07) is -1.39. The normalized spacial score (nSPS) is 20.8. The van der Waals surface area contributed by atoms with Gasteiger partial charge in [-0.05, 0) is 63.5 Å². The van der Waals surface area contributed by atoms with Crippen LogP contribution in [-0.4, -0.2) is 74.0 Å². The predicted molar refractivity (Wildman–Crippen MR) is 149 cm³/mol. The molecule has 0 saturated carbocycles. The molecule has 2 rings (SSSR count). The second kappa shape index (κ2) is 17.4. The molecule has 218 valence electrons. The molecular formula is C28H52N6O4. The molecule has 6 N–H and O–H groups in total. The molecule has 2 heterocycles. The molecule has 2 aliphatic rings. The van der Waals surface area contributed by atoms with Crippen molar-refractivity contribution in [1.82, 2.24) is 31.9 Å². The molecule has 4 amide bonds. The van der Waals surface area contributed by atoms with Crippen LogP contribution in [0.2, 0.25) is 0 Å². The molecule has 4 atom stereocenters. The Bertz CT molecular complexity index is 686. The summed E-state index contributed by atoms with van der Waals surface area (Å²) in [5.74, 6) is -0.346. The molecule has 0 aromatic heterocycles. The highest BCUT2D eigenvalue weighted by Gasteiger charge is 2.30. The van der Waals surface area contributed by atoms with Crippen molar-refractivity contribution in [3.8, 4) is 0 Å². The maximum absolute atomic E-state index is 12.6. The van der Waals surface area contributed by atoms with Gasteiger partial charge in [0.15, 0.2) is 0 Å². The minimum atomic E-state index is -0.511. The fraction of sp³-hybridized carbons (Fsp3) is 0.857. The molecule has 10 heteroatoms. The highest BCUT2D eigenvalue weighted by atomic mass is 16.2. The molecule has 0 bridgehead atoms. The lowest BCUT2D eigenvalue weighted by molar-refractivity contribution is -0.130. The first-order chi connectivity index (χ1) is 18.2. The van der Waals surface area contributed by atoms with Gasteiger partial charge < -0.3 is 31.9 Å². The number of nitrogens with one attached hydrogen (secondary N) is 6. The van der Waals surface area contributed by atoms with E-state index in [0.29, 0.717) is 13.1 Å². The molecule has 2 fully saturated rings. The maximum Gasteiger partial charge on any atom is 0.242 e. The fourth-order valence-electron chi connectivity index (χ4n) is 4.99. The summed E-state index contributed by atoms with van der Waals surface area (Å²) >= 11 is 0. The molecule has 2 aliphatic heterocycles. The van der Waals surface area contributed by atoms with Crippen molar-refractivity contribution in [2.24, 2.45) is 11.8 Å². The van der Waals surface area contributed by atoms with E-state index >= 15 is 0 Å². The Morgan fingerprint density at radius 2 is 1.00 bits per heavy atom. The van der Waals surface area contributed by atoms with Crippen molar-refractivity contribution in [2.45, 2.75) is 116 Å². The smallest absolute Gasteiger partial charge is 0.242 e. The molecule has 38 heavy (non-hydrogen) atoms. The third-order valence-corrected chi connectivity index (χ3v) is 7.45. The van der Waals surface area contributed by atoms with Crippen LogP contribution in [0.5, 0.6) is 0 Å². The number of hydrogen-bond donors (Lipinski definition) is 6. The van der Waals surface area contributed by atoms with Crippen molar-refractivity contribution < 1.29 is 19.2 Å². The summed E-state index contributed by atoms with van der Waals surface area (Å²) in [5, 5.41) is 18.1. The first-order valence-electron chi connectivity index (χ1n) is 14.8. The highest BCUT2D eigenvalue weighted by Crippen LogP contribution is 2.10. The molecule has 10 nitrogen and oxygen atoms in total. The van der Waals surface area contributed by atoms with E-state index in [1.807, 2.05) is 27.7 Å². The van der Waals surface area contributed by atoms with Crippen molar-refractivity contribution in [3.63, 3.8) is 0 Å². The Balaban J connectivity index is 1.52. The highest BCUT2D eigenvalue weighted by molar-refractivity contribution is 5.90. The number of hydrogen-bond acceptors (Lipinski definition) is 6. The van der Waals surface area contributed by atoms with Gasteiger partial charge in [0.2, 0.25) is 23.6 Å². The van der Waals surface area contributed by atoms with Gasteiger partial charge >= 0.3 is 0 Å². The zero-order valence-electron chi connectivity index (χ0n) is 24.0. The van der Waals surface area contributed by atoms with E-state index in [1.165, 1.54) is 0 Å². The maximum atomic E-state index is 12.6. The van der Waals surface area contributed by atoms with Gasteiger partial charge in [0.05, 0.1) is 12.1 Å². The van der Waals surface area contributed by atoms with Gasteiger partial charge in [-0.2, -0.15) is 0 Å². The zero-order chi connectivity index (χ0) is 27.9. The molecular weight excluding hydrogens is 484 g/mol. The van der Waals surface area contributed by atoms with Gasteiger partial charge in [-0.15, -0.1) is 0 Å². The lowest BCUT2D eigenvalue weighted by Crippen LogP contribution is -2.53. The monoisotopic (exact) mass is 536 g/mol. The Hall–Kier alpha value is -2.20. The summed E-state index contributed by atoms with van der Waals surface area (Å²) in [4.78, 5) is 50.0. The minimum Gasteiger partial charge on any atom is -0.354 e. The molecule has 0 aromatic carbocycles. The van der Waals surface area contributed by atoms with Crippen molar-refractivity contribution in [2.75, 3.05) is 26.2 Å². The van der Waals surface area contributed by atoms with Crippen LogP contribution in [0.3, 0.4) is 0 Å². The van der Waals surface area contributed by atoms with Crippen molar-refractivity contribution in [1.29, 1.82) is 0 Å². The van der Waals surface area contributed by atoms with Crippen molar-refractivity contribution in [3.05, 3.63) is 0 Å². The average molecular weight is 537 g/mol. The topological polar surface area (TPSA) is 140 Å². The first-order valence-corrected chi connectivity index (χ1v) is 14.8. The van der Waals surface area contributed by atoms with Crippen LogP contribution in [0.4, 0.5) is 0 Å². The van der Waals surface area contributed by atoms with Gasteiger partial charge in [-0.1, -0.05) is 53.4 Å². The van der Waals surface area contributed by atoms with Gasteiger partial charge in [-0.3, -0.25) is 19.2 Å². The first kappa shape index (κ1) is 32.0. The third-order valence-electron chi connectivity index (χ3n) is 7.45. The molecule has 0 radical (unpaired) electrons. The minimum absolute atomic E-state index is 0.0252. The van der Waals surface area contributed by atoms with Crippen LogP contribution in [0.25, 0.3) is 0 Å². The Kier molecular flexibility index (Phi) is 14.7. The zero-order valence-corrected chi connectivity index (χ0v) is 24.0. The number of carbonyl (C=O) groups is 4. The Labute approximate surface area is 229 Å². The second-order valence-corrected chi connectivity index (χ2v) is 11.5. The second-order valence-electron chi connectivity index (χ2n) is 11.5. The van der Waals surface area contributed by atoms with Crippen LogP contribution in [0, 0.1) is 11.8 Å². The predicted octanol–water partition coefficient (Wildman–Crippen LogP) is 1.35. The van der Waals surface area contributed by atoms with E-state index < -0.39 is 12.1 Å². The summed E-state index contributed by atoms with van der Waals surface area (Å²) in [6.45, 7) is 10.7. The van der Waals surface area contributed by atoms with Crippen molar-refractivity contribution >= 4 is 23.6 Å². The number of carbonyl (C=O) groups excluding carboxylic acids is 4. The van der Waals surface area contributed by atoms with E-state index in [4.69, 9.17) is 0 Å². The summed E-state index contributed by atoms with van der Waals surface area (Å²) in [7, 11) is 0. The van der Waals surface area contributed by atoms with Crippen LogP contribution in [-0.2, 0) is 19.2 Å². The summed E-state index contributed by atoms with van der Waals surface area (Å²) < 4.78 is 0. The quantitative estimate of drug-likeness (QED) is 0.155. The fourth-order valence-corrected chi connectivity index (χ4v) is 4.99. The SMILES string of the molecule is CC(C)[C@H](NC(=O)[C@@H]1CCCN1)C(=O)NCCCCCCCCNC(=O)[C@@H](NC(=O)[C@@H]1CCCN1)C(C)C. The molecule has 0 aliphatic carbocycles. The van der Waals surface area contributed by atoms with Crippen LogP contribution in [0.1, 0.15) is 91.9 Å². The van der Waals surface area contributed by atoms with E-state index in [9.17, 15) is 19.2 Å². The average Bonchev–Trinajstić information content (AvgIpc) is 3.61. The summed E-state index contributed by atoms with van der Waals surface area (Å²) in [6.07, 6.45) is 9.60. The van der Waals surface area contributed by atoms with Crippen LogP contribution in [0.15, 0.2) is 0 Å². The Morgan fingerprint density at radius 3 is 1.32 bits per heavy atom. The van der Waals surface area contributed by atoms with Gasteiger partial charge in [0.25, 0.3) is 0 Å². The molecule has 0 aromatic rings. The van der Waals surface area contributed by atoms with E-state index in [-0.39, 0.29) is 47.5 Å². The van der Waals surface area contributed by atoms with Gasteiger partial charge in [0, 0.05) is 13.1 Å². The van der Waals surface area contributed by atoms with E-state index in [2.05, 4.69) is 31.9 Å². The number of rotatable bonds is 17. The van der Waals surface area contributed by atoms with Gasteiger partial charge in [0.1, 0.15) is 12.1 Å². The lowest BCUT2D eigenvalue weighted by atomic mass is 10.0. The molecule has 0 unspecified atom stereocenters.